The van der Waals surface area contributed by atoms with E-state index in [1.807, 2.05) is 5.38 Å². The lowest BCUT2D eigenvalue weighted by Crippen LogP contribution is -2.12. The first-order chi connectivity index (χ1) is 13.6. The van der Waals surface area contributed by atoms with Crippen LogP contribution < -0.4 is 19.0 Å². The Morgan fingerprint density at radius 3 is 2.29 bits per heavy atom. The van der Waals surface area contributed by atoms with Gasteiger partial charge in [-0.25, -0.2) is 9.07 Å². The summed E-state index contributed by atoms with van der Waals surface area (Å²) in [5, 5.41) is 6.36. The van der Waals surface area contributed by atoms with Gasteiger partial charge in [0.2, 0.25) is 4.80 Å². The van der Waals surface area contributed by atoms with Crippen molar-refractivity contribution in [3.8, 4) is 28.5 Å². The first-order valence-corrected chi connectivity index (χ1v) is 9.23. The average molecular weight is 401 g/mol. The van der Waals surface area contributed by atoms with E-state index in [1.54, 1.807) is 69.6 Å². The molecule has 1 aromatic heterocycles. The SMILES string of the molecule is CN=c1scc(-c2ccccc2F)n1/N=C\c1c(OC)cc(OC)cc1OC. The van der Waals surface area contributed by atoms with Crippen LogP contribution in [-0.4, -0.2) is 39.3 Å². The van der Waals surface area contributed by atoms with Crippen LogP contribution in [0, 0.1) is 5.82 Å². The molecule has 0 aliphatic heterocycles. The number of hydrogen-bond donors (Lipinski definition) is 0. The van der Waals surface area contributed by atoms with Crippen LogP contribution in [0.3, 0.4) is 0 Å². The van der Waals surface area contributed by atoms with E-state index < -0.39 is 0 Å². The third-order valence-corrected chi connectivity index (χ3v) is 4.99. The van der Waals surface area contributed by atoms with Gasteiger partial charge >= 0.3 is 0 Å². The van der Waals surface area contributed by atoms with Gasteiger partial charge in [0.05, 0.1) is 38.8 Å². The van der Waals surface area contributed by atoms with E-state index in [0.29, 0.717) is 38.9 Å². The number of nitrogens with zero attached hydrogens (tertiary/aromatic N) is 3. The van der Waals surface area contributed by atoms with Crippen molar-refractivity contribution in [3.63, 3.8) is 0 Å². The molecule has 0 saturated heterocycles. The molecular weight excluding hydrogens is 381 g/mol. The molecule has 6 nitrogen and oxygen atoms in total. The molecule has 3 rings (SSSR count). The second-order valence-electron chi connectivity index (χ2n) is 5.61. The maximum atomic E-state index is 14.3. The minimum Gasteiger partial charge on any atom is -0.496 e. The van der Waals surface area contributed by atoms with Crippen molar-refractivity contribution >= 4 is 17.6 Å². The van der Waals surface area contributed by atoms with Crippen molar-refractivity contribution < 1.29 is 18.6 Å². The predicted molar refractivity (Wildman–Crippen MR) is 108 cm³/mol. The van der Waals surface area contributed by atoms with Gasteiger partial charge in [-0.15, -0.1) is 11.3 Å². The van der Waals surface area contributed by atoms with E-state index in [2.05, 4.69) is 10.1 Å². The molecule has 0 amide bonds. The number of benzene rings is 2. The first kappa shape index (κ1) is 19.6. The maximum Gasteiger partial charge on any atom is 0.205 e. The van der Waals surface area contributed by atoms with E-state index >= 15 is 0 Å². The van der Waals surface area contributed by atoms with E-state index in [4.69, 9.17) is 14.2 Å². The normalized spacial score (nSPS) is 11.8. The van der Waals surface area contributed by atoms with Crippen LogP contribution in [-0.2, 0) is 0 Å². The molecule has 0 fully saturated rings. The summed E-state index contributed by atoms with van der Waals surface area (Å²) in [6.07, 6.45) is 1.60. The average Bonchev–Trinajstić information content (AvgIpc) is 3.14. The van der Waals surface area contributed by atoms with Gasteiger partial charge in [0.1, 0.15) is 23.1 Å². The van der Waals surface area contributed by atoms with Gasteiger partial charge in [0.15, 0.2) is 0 Å². The zero-order valence-electron chi connectivity index (χ0n) is 16.0. The molecule has 0 saturated carbocycles. The van der Waals surface area contributed by atoms with Gasteiger partial charge in [-0.3, -0.25) is 4.99 Å². The smallest absolute Gasteiger partial charge is 0.205 e. The Morgan fingerprint density at radius 2 is 1.71 bits per heavy atom. The van der Waals surface area contributed by atoms with Gasteiger partial charge in [-0.2, -0.15) is 5.10 Å². The molecule has 146 valence electrons. The largest absolute Gasteiger partial charge is 0.496 e. The van der Waals surface area contributed by atoms with Crippen molar-refractivity contribution in [1.29, 1.82) is 0 Å². The molecule has 0 bridgehead atoms. The molecule has 0 spiro atoms. The zero-order chi connectivity index (χ0) is 20.1. The van der Waals surface area contributed by atoms with Crippen molar-refractivity contribution in [1.82, 2.24) is 4.68 Å². The molecule has 0 radical (unpaired) electrons. The Morgan fingerprint density at radius 1 is 1.04 bits per heavy atom. The third-order valence-electron chi connectivity index (χ3n) is 4.08. The monoisotopic (exact) mass is 401 g/mol. The van der Waals surface area contributed by atoms with Crippen LogP contribution in [0.1, 0.15) is 5.56 Å². The fourth-order valence-electron chi connectivity index (χ4n) is 2.69. The summed E-state index contributed by atoms with van der Waals surface area (Å²) in [7, 11) is 6.35. The molecule has 0 aliphatic rings. The molecule has 0 aliphatic carbocycles. The minimum atomic E-state index is -0.327. The summed E-state index contributed by atoms with van der Waals surface area (Å²) in [4.78, 5) is 4.86. The predicted octanol–water partition coefficient (Wildman–Crippen LogP) is 3.79. The van der Waals surface area contributed by atoms with Crippen LogP contribution in [0.2, 0.25) is 0 Å². The van der Waals surface area contributed by atoms with Crippen LogP contribution in [0.5, 0.6) is 17.2 Å². The quantitative estimate of drug-likeness (QED) is 0.591. The Labute approximate surface area is 166 Å². The highest BCUT2D eigenvalue weighted by Crippen LogP contribution is 2.33. The van der Waals surface area contributed by atoms with Crippen LogP contribution in [0.4, 0.5) is 4.39 Å². The van der Waals surface area contributed by atoms with Gasteiger partial charge in [0, 0.05) is 30.1 Å². The molecule has 0 unspecified atom stereocenters. The highest BCUT2D eigenvalue weighted by Gasteiger charge is 2.14. The summed E-state index contributed by atoms with van der Waals surface area (Å²) in [6.45, 7) is 0. The molecule has 1 heterocycles. The van der Waals surface area contributed by atoms with Crippen LogP contribution in [0.25, 0.3) is 11.3 Å². The van der Waals surface area contributed by atoms with Crippen LogP contribution >= 0.6 is 11.3 Å². The molecule has 28 heavy (non-hydrogen) atoms. The summed E-state index contributed by atoms with van der Waals surface area (Å²) >= 11 is 1.37. The highest BCUT2D eigenvalue weighted by atomic mass is 32.1. The molecule has 2 aromatic carbocycles. The summed E-state index contributed by atoms with van der Waals surface area (Å²) < 4.78 is 32.1. The third kappa shape index (κ3) is 3.77. The Hall–Kier alpha value is -3.13. The number of rotatable bonds is 6. The Bertz CT molecular complexity index is 1050. The first-order valence-electron chi connectivity index (χ1n) is 8.35. The molecule has 0 N–H and O–H groups in total. The minimum absolute atomic E-state index is 0.327. The number of halogens is 1. The Balaban J connectivity index is 2.14. The topological polar surface area (TPSA) is 57.3 Å². The summed E-state index contributed by atoms with van der Waals surface area (Å²) in [6, 6.07) is 10.0. The zero-order valence-corrected chi connectivity index (χ0v) is 16.8. The lowest BCUT2D eigenvalue weighted by molar-refractivity contribution is 0.374. The molecular formula is C20H20FN3O3S. The number of hydrogen-bond acceptors (Lipinski definition) is 6. The number of methoxy groups -OCH3 is 3. The van der Waals surface area contributed by atoms with Crippen molar-refractivity contribution in [2.45, 2.75) is 0 Å². The fraction of sp³-hybridized carbons (Fsp3) is 0.200. The molecule has 0 atom stereocenters. The molecule has 8 heteroatoms. The Kier molecular flexibility index (Phi) is 6.10. The van der Waals surface area contributed by atoms with E-state index in [1.165, 1.54) is 17.4 Å². The second-order valence-corrected chi connectivity index (χ2v) is 6.45. The summed E-state index contributed by atoms with van der Waals surface area (Å²) in [5.41, 5.74) is 1.68. The van der Waals surface area contributed by atoms with E-state index in [0.717, 1.165) is 0 Å². The van der Waals surface area contributed by atoms with Gasteiger partial charge in [-0.1, -0.05) is 12.1 Å². The van der Waals surface area contributed by atoms with Gasteiger partial charge in [-0.05, 0) is 12.1 Å². The number of ether oxygens (including phenoxy) is 3. The highest BCUT2D eigenvalue weighted by molar-refractivity contribution is 7.07. The van der Waals surface area contributed by atoms with Crippen LogP contribution in [0.15, 0.2) is 51.9 Å². The fourth-order valence-corrected chi connectivity index (χ4v) is 3.49. The van der Waals surface area contributed by atoms with Gasteiger partial charge < -0.3 is 14.2 Å². The maximum absolute atomic E-state index is 14.3. The molecule has 3 aromatic rings. The van der Waals surface area contributed by atoms with Crippen molar-refractivity contribution in [2.75, 3.05) is 28.4 Å². The van der Waals surface area contributed by atoms with Crippen molar-refractivity contribution in [2.24, 2.45) is 10.1 Å². The standard InChI is InChI=1S/C20H20FN3O3S/c1-22-20-24(17(12-28-20)14-7-5-6-8-16(14)21)23-11-15-18(26-3)9-13(25-2)10-19(15)27-4/h5-12H,1-4H3/b22-20?,23-11-. The lowest BCUT2D eigenvalue weighted by atomic mass is 10.1. The van der Waals surface area contributed by atoms with E-state index in [9.17, 15) is 4.39 Å². The second kappa shape index (κ2) is 8.71. The summed E-state index contributed by atoms with van der Waals surface area (Å²) in [5.74, 6) is 1.35. The number of thiazole rings is 1. The van der Waals surface area contributed by atoms with Crippen molar-refractivity contribution in [3.05, 3.63) is 58.0 Å². The number of aromatic nitrogens is 1. The van der Waals surface area contributed by atoms with Gasteiger partial charge in [0.25, 0.3) is 0 Å². The van der Waals surface area contributed by atoms with E-state index in [-0.39, 0.29) is 5.82 Å². The lowest BCUT2D eigenvalue weighted by Gasteiger charge is -2.12.